The SMILES string of the molecule is C=CCn1c(SCC(=O)c2c[nH]c3c(CC)cccc23)nnc1-c1ccccc1OC. The summed E-state index contributed by atoms with van der Waals surface area (Å²) in [6.07, 6.45) is 4.51. The first-order chi connectivity index (χ1) is 15.2. The van der Waals surface area contributed by atoms with Crippen molar-refractivity contribution in [2.24, 2.45) is 0 Å². The van der Waals surface area contributed by atoms with E-state index in [1.807, 2.05) is 41.0 Å². The predicted octanol–water partition coefficient (Wildman–Crippen LogP) is 5.16. The molecule has 0 aliphatic rings. The van der Waals surface area contributed by atoms with Crippen LogP contribution in [-0.4, -0.2) is 38.4 Å². The second-order valence-electron chi connectivity index (χ2n) is 7.01. The zero-order valence-electron chi connectivity index (χ0n) is 17.6. The molecule has 0 aliphatic carbocycles. The molecule has 0 bridgehead atoms. The van der Waals surface area contributed by atoms with Gasteiger partial charge in [0, 0.05) is 29.2 Å². The molecule has 31 heavy (non-hydrogen) atoms. The third-order valence-electron chi connectivity index (χ3n) is 5.19. The number of hydrogen-bond donors (Lipinski definition) is 1. The van der Waals surface area contributed by atoms with Crippen LogP contribution in [0.5, 0.6) is 5.75 Å². The molecule has 0 radical (unpaired) electrons. The molecule has 158 valence electrons. The first-order valence-corrected chi connectivity index (χ1v) is 11.1. The number of hydrogen-bond acceptors (Lipinski definition) is 5. The van der Waals surface area contributed by atoms with Crippen LogP contribution in [-0.2, 0) is 13.0 Å². The summed E-state index contributed by atoms with van der Waals surface area (Å²) in [5.74, 6) is 1.73. The Labute approximate surface area is 185 Å². The lowest BCUT2D eigenvalue weighted by molar-refractivity contribution is 0.102. The minimum Gasteiger partial charge on any atom is -0.496 e. The van der Waals surface area contributed by atoms with Gasteiger partial charge in [-0.1, -0.05) is 55.1 Å². The molecule has 6 nitrogen and oxygen atoms in total. The van der Waals surface area contributed by atoms with Gasteiger partial charge in [0.05, 0.1) is 18.4 Å². The number of aromatic nitrogens is 4. The summed E-state index contributed by atoms with van der Waals surface area (Å²) in [7, 11) is 1.63. The van der Waals surface area contributed by atoms with Crippen molar-refractivity contribution in [1.82, 2.24) is 19.7 Å². The van der Waals surface area contributed by atoms with Crippen molar-refractivity contribution in [3.8, 4) is 17.1 Å². The zero-order valence-corrected chi connectivity index (χ0v) is 18.4. The van der Waals surface area contributed by atoms with Crippen molar-refractivity contribution in [3.63, 3.8) is 0 Å². The van der Waals surface area contributed by atoms with E-state index in [1.165, 1.54) is 17.3 Å². The van der Waals surface area contributed by atoms with Gasteiger partial charge in [-0.3, -0.25) is 9.36 Å². The monoisotopic (exact) mass is 432 g/mol. The summed E-state index contributed by atoms with van der Waals surface area (Å²) in [6, 6.07) is 13.7. The van der Waals surface area contributed by atoms with Gasteiger partial charge in [0.1, 0.15) is 5.75 Å². The summed E-state index contributed by atoms with van der Waals surface area (Å²) in [5, 5.41) is 10.4. The van der Waals surface area contributed by atoms with Gasteiger partial charge in [0.25, 0.3) is 0 Å². The molecule has 2 aromatic heterocycles. The Bertz CT molecular complexity index is 1240. The quantitative estimate of drug-likeness (QED) is 0.225. The van der Waals surface area contributed by atoms with Crippen LogP contribution in [0.3, 0.4) is 0 Å². The van der Waals surface area contributed by atoms with E-state index < -0.39 is 0 Å². The van der Waals surface area contributed by atoms with Gasteiger partial charge in [-0.15, -0.1) is 16.8 Å². The normalized spacial score (nSPS) is 11.0. The van der Waals surface area contributed by atoms with E-state index in [9.17, 15) is 4.79 Å². The number of rotatable bonds is 9. The van der Waals surface area contributed by atoms with Gasteiger partial charge >= 0.3 is 0 Å². The smallest absolute Gasteiger partial charge is 0.192 e. The zero-order chi connectivity index (χ0) is 21.8. The minimum absolute atomic E-state index is 0.0523. The lowest BCUT2D eigenvalue weighted by Gasteiger charge is -2.10. The molecule has 7 heteroatoms. The number of thioether (sulfide) groups is 1. The van der Waals surface area contributed by atoms with Crippen LogP contribution in [0.2, 0.25) is 0 Å². The Morgan fingerprint density at radius 1 is 1.23 bits per heavy atom. The number of ether oxygens (including phenoxy) is 1. The van der Waals surface area contributed by atoms with Crippen LogP contribution >= 0.6 is 11.8 Å². The molecule has 2 aromatic carbocycles. The number of fused-ring (bicyclic) bond motifs is 1. The molecule has 0 atom stereocenters. The van der Waals surface area contributed by atoms with E-state index in [2.05, 4.69) is 34.8 Å². The summed E-state index contributed by atoms with van der Waals surface area (Å²) in [6.45, 7) is 6.49. The number of carbonyl (C=O) groups is 1. The lowest BCUT2D eigenvalue weighted by Crippen LogP contribution is -2.05. The molecule has 0 saturated heterocycles. The second kappa shape index (κ2) is 9.22. The topological polar surface area (TPSA) is 72.8 Å². The third kappa shape index (κ3) is 4.01. The van der Waals surface area contributed by atoms with Gasteiger partial charge in [-0.25, -0.2) is 0 Å². The highest BCUT2D eigenvalue weighted by Gasteiger charge is 2.19. The lowest BCUT2D eigenvalue weighted by atomic mass is 10.1. The summed E-state index contributed by atoms with van der Waals surface area (Å²) >= 11 is 1.38. The Morgan fingerprint density at radius 3 is 2.84 bits per heavy atom. The maximum Gasteiger partial charge on any atom is 0.192 e. The molecule has 2 heterocycles. The summed E-state index contributed by atoms with van der Waals surface area (Å²) in [4.78, 5) is 16.3. The molecule has 0 fully saturated rings. The van der Waals surface area contributed by atoms with E-state index in [4.69, 9.17) is 4.74 Å². The number of H-pyrrole nitrogens is 1. The summed E-state index contributed by atoms with van der Waals surface area (Å²) < 4.78 is 7.43. The minimum atomic E-state index is 0.0523. The molecule has 1 N–H and O–H groups in total. The van der Waals surface area contributed by atoms with Gasteiger partial charge in [0.15, 0.2) is 16.8 Å². The Hall–Kier alpha value is -3.32. The molecule has 0 unspecified atom stereocenters. The van der Waals surface area contributed by atoms with Crippen LogP contribution < -0.4 is 4.74 Å². The Kier molecular flexibility index (Phi) is 6.23. The number of benzene rings is 2. The average molecular weight is 433 g/mol. The molecule has 4 aromatic rings. The molecule has 4 rings (SSSR count). The van der Waals surface area contributed by atoms with Crippen LogP contribution in [0.25, 0.3) is 22.3 Å². The maximum absolute atomic E-state index is 13.0. The van der Waals surface area contributed by atoms with E-state index in [0.29, 0.717) is 23.1 Å². The standard InChI is InChI=1S/C24H24N4O2S/c1-4-13-28-23(18-10-6-7-12-21(18)30-3)26-27-24(28)31-15-20(29)19-14-25-22-16(5-2)9-8-11-17(19)22/h4,6-12,14,25H,1,5,13,15H2,2-3H3. The highest BCUT2D eigenvalue weighted by atomic mass is 32.2. The number of nitrogens with zero attached hydrogens (tertiary/aromatic N) is 3. The number of methoxy groups -OCH3 is 1. The third-order valence-corrected chi connectivity index (χ3v) is 6.16. The van der Waals surface area contributed by atoms with E-state index in [-0.39, 0.29) is 11.5 Å². The molecule has 0 amide bonds. The van der Waals surface area contributed by atoms with Crippen molar-refractivity contribution in [1.29, 1.82) is 0 Å². The van der Waals surface area contributed by atoms with Gasteiger partial charge in [-0.05, 0) is 24.1 Å². The fraction of sp³-hybridized carbons (Fsp3) is 0.208. The number of aryl methyl sites for hydroxylation is 1. The van der Waals surface area contributed by atoms with Crippen LogP contribution in [0.15, 0.2) is 66.5 Å². The van der Waals surface area contributed by atoms with E-state index in [0.717, 1.165) is 28.6 Å². The fourth-order valence-electron chi connectivity index (χ4n) is 3.67. The van der Waals surface area contributed by atoms with Crippen molar-refractivity contribution < 1.29 is 9.53 Å². The number of nitrogens with one attached hydrogen (secondary N) is 1. The highest BCUT2D eigenvalue weighted by Crippen LogP contribution is 2.31. The van der Waals surface area contributed by atoms with Crippen LogP contribution in [0.1, 0.15) is 22.8 Å². The van der Waals surface area contributed by atoms with Gasteiger partial charge in [-0.2, -0.15) is 0 Å². The molecular formula is C24H24N4O2S. The number of carbonyl (C=O) groups excluding carboxylic acids is 1. The predicted molar refractivity (Wildman–Crippen MR) is 125 cm³/mol. The van der Waals surface area contributed by atoms with Gasteiger partial charge < -0.3 is 9.72 Å². The molecular weight excluding hydrogens is 408 g/mol. The largest absolute Gasteiger partial charge is 0.496 e. The van der Waals surface area contributed by atoms with E-state index in [1.54, 1.807) is 19.4 Å². The maximum atomic E-state index is 13.0. The van der Waals surface area contributed by atoms with Crippen molar-refractivity contribution >= 4 is 28.4 Å². The summed E-state index contributed by atoms with van der Waals surface area (Å²) in [5.41, 5.74) is 3.79. The van der Waals surface area contributed by atoms with Crippen molar-refractivity contribution in [3.05, 3.63) is 72.4 Å². The number of aromatic amines is 1. The fourth-order valence-corrected chi connectivity index (χ4v) is 4.50. The second-order valence-corrected chi connectivity index (χ2v) is 7.96. The van der Waals surface area contributed by atoms with E-state index >= 15 is 0 Å². The Morgan fingerprint density at radius 2 is 2.06 bits per heavy atom. The van der Waals surface area contributed by atoms with Crippen LogP contribution in [0.4, 0.5) is 0 Å². The van der Waals surface area contributed by atoms with Crippen molar-refractivity contribution in [2.45, 2.75) is 25.0 Å². The molecule has 0 saturated carbocycles. The average Bonchev–Trinajstić information content (AvgIpc) is 3.42. The first-order valence-electron chi connectivity index (χ1n) is 10.1. The molecule has 0 aliphatic heterocycles. The number of para-hydroxylation sites is 2. The van der Waals surface area contributed by atoms with Crippen molar-refractivity contribution in [2.75, 3.05) is 12.9 Å². The number of ketones is 1. The first kappa shape index (κ1) is 20.9. The molecule has 0 spiro atoms. The Balaban J connectivity index is 1.60. The number of allylic oxidation sites excluding steroid dienone is 1. The highest BCUT2D eigenvalue weighted by molar-refractivity contribution is 7.99. The van der Waals surface area contributed by atoms with Gasteiger partial charge in [0.2, 0.25) is 0 Å². The van der Waals surface area contributed by atoms with Crippen LogP contribution in [0, 0.1) is 0 Å². The number of Topliss-reactive ketones (excluding diaryl/α,β-unsaturated/α-hetero) is 1.